The maximum atomic E-state index is 12.0. The fourth-order valence-electron chi connectivity index (χ4n) is 2.45. The Kier molecular flexibility index (Phi) is 3.96. The molecule has 21 heavy (non-hydrogen) atoms. The maximum Gasteiger partial charge on any atom is 0.225 e. The van der Waals surface area contributed by atoms with Gasteiger partial charge in [0.2, 0.25) is 5.91 Å². The number of aromatic nitrogens is 3. The van der Waals surface area contributed by atoms with Gasteiger partial charge in [0.15, 0.2) is 0 Å². The van der Waals surface area contributed by atoms with E-state index in [9.17, 15) is 4.79 Å². The highest BCUT2D eigenvalue weighted by Crippen LogP contribution is 2.20. The molecule has 0 saturated carbocycles. The molecule has 1 N–H and O–H groups in total. The van der Waals surface area contributed by atoms with E-state index in [-0.39, 0.29) is 11.8 Å². The molecule has 6 nitrogen and oxygen atoms in total. The normalized spacial score (nSPS) is 17.9. The summed E-state index contributed by atoms with van der Waals surface area (Å²) >= 11 is 0. The van der Waals surface area contributed by atoms with Gasteiger partial charge in [0.25, 0.3) is 0 Å². The summed E-state index contributed by atoms with van der Waals surface area (Å²) in [7, 11) is 1.87. The van der Waals surface area contributed by atoms with Gasteiger partial charge in [-0.15, -0.1) is 0 Å². The van der Waals surface area contributed by atoms with E-state index in [1.807, 2.05) is 25.4 Å². The fourth-order valence-corrected chi connectivity index (χ4v) is 2.45. The van der Waals surface area contributed by atoms with Crippen molar-refractivity contribution < 1.29 is 9.53 Å². The monoisotopic (exact) mass is 286 g/mol. The summed E-state index contributed by atoms with van der Waals surface area (Å²) < 4.78 is 6.98. The first-order valence-corrected chi connectivity index (χ1v) is 7.02. The first kappa shape index (κ1) is 13.8. The summed E-state index contributed by atoms with van der Waals surface area (Å²) in [4.78, 5) is 16.5. The van der Waals surface area contributed by atoms with Gasteiger partial charge in [-0.1, -0.05) is 6.07 Å². The molecule has 3 rings (SSSR count). The van der Waals surface area contributed by atoms with Crippen LogP contribution >= 0.6 is 0 Å². The van der Waals surface area contributed by atoms with E-state index in [0.717, 1.165) is 23.2 Å². The van der Waals surface area contributed by atoms with E-state index in [1.165, 1.54) is 0 Å². The number of amides is 1. The van der Waals surface area contributed by atoms with Crippen LogP contribution in [-0.2, 0) is 23.1 Å². The molecule has 0 unspecified atom stereocenters. The van der Waals surface area contributed by atoms with Crippen molar-refractivity contribution in [3.63, 3.8) is 0 Å². The van der Waals surface area contributed by atoms with E-state index in [4.69, 9.17) is 4.74 Å². The van der Waals surface area contributed by atoms with Gasteiger partial charge in [-0.2, -0.15) is 5.10 Å². The first-order chi connectivity index (χ1) is 10.2. The van der Waals surface area contributed by atoms with Crippen LogP contribution in [0, 0.1) is 5.92 Å². The van der Waals surface area contributed by atoms with Crippen molar-refractivity contribution in [2.75, 3.05) is 13.2 Å². The number of aryl methyl sites for hydroxylation is 1. The minimum absolute atomic E-state index is 0.0245. The van der Waals surface area contributed by atoms with Crippen molar-refractivity contribution in [2.24, 2.45) is 13.0 Å². The predicted molar refractivity (Wildman–Crippen MR) is 77.2 cm³/mol. The third kappa shape index (κ3) is 3.11. The summed E-state index contributed by atoms with van der Waals surface area (Å²) in [6, 6.07) is 3.85. The standard InChI is InChI=1S/C15H18N4O2/c1-19-9-13(8-18-19)14-11(3-2-5-16-14)7-17-15(20)12-4-6-21-10-12/h2-3,5,8-9,12H,4,6-7,10H2,1H3,(H,17,20)/t12-/m1/s1. The van der Waals surface area contributed by atoms with Crippen LogP contribution in [0.15, 0.2) is 30.7 Å². The average molecular weight is 286 g/mol. The Labute approximate surface area is 123 Å². The molecule has 2 aromatic rings. The van der Waals surface area contributed by atoms with Crippen LogP contribution in [0.3, 0.4) is 0 Å². The van der Waals surface area contributed by atoms with Crippen LogP contribution in [0.4, 0.5) is 0 Å². The van der Waals surface area contributed by atoms with E-state index >= 15 is 0 Å². The molecule has 1 aliphatic rings. The molecule has 1 saturated heterocycles. The van der Waals surface area contributed by atoms with Crippen molar-refractivity contribution in [1.82, 2.24) is 20.1 Å². The number of nitrogens with zero attached hydrogens (tertiary/aromatic N) is 3. The average Bonchev–Trinajstić information content (AvgIpc) is 3.16. The summed E-state index contributed by atoms with van der Waals surface area (Å²) in [6.07, 6.45) is 6.24. The largest absolute Gasteiger partial charge is 0.381 e. The van der Waals surface area contributed by atoms with E-state index in [0.29, 0.717) is 19.8 Å². The van der Waals surface area contributed by atoms with Crippen LogP contribution in [0.5, 0.6) is 0 Å². The van der Waals surface area contributed by atoms with E-state index < -0.39 is 0 Å². The lowest BCUT2D eigenvalue weighted by Gasteiger charge is -2.11. The highest BCUT2D eigenvalue weighted by molar-refractivity contribution is 5.79. The number of carbonyl (C=O) groups excluding carboxylic acids is 1. The molecule has 6 heteroatoms. The van der Waals surface area contributed by atoms with E-state index in [1.54, 1.807) is 17.1 Å². The summed E-state index contributed by atoms with van der Waals surface area (Å²) in [5.41, 5.74) is 2.79. The third-order valence-corrected chi connectivity index (χ3v) is 3.62. The van der Waals surface area contributed by atoms with Crippen LogP contribution in [-0.4, -0.2) is 33.9 Å². The lowest BCUT2D eigenvalue weighted by atomic mass is 10.1. The molecule has 110 valence electrons. The molecular formula is C15H18N4O2. The Balaban J connectivity index is 1.72. The number of pyridine rings is 1. The zero-order chi connectivity index (χ0) is 14.7. The zero-order valence-corrected chi connectivity index (χ0v) is 12.0. The van der Waals surface area contributed by atoms with Crippen molar-refractivity contribution in [3.8, 4) is 11.3 Å². The number of rotatable bonds is 4. The molecule has 0 spiro atoms. The second-order valence-corrected chi connectivity index (χ2v) is 5.19. The molecule has 1 amide bonds. The van der Waals surface area contributed by atoms with Gasteiger partial charge in [-0.25, -0.2) is 0 Å². The quantitative estimate of drug-likeness (QED) is 0.915. The van der Waals surface area contributed by atoms with Crippen molar-refractivity contribution in [3.05, 3.63) is 36.3 Å². The lowest BCUT2D eigenvalue weighted by molar-refractivity contribution is -0.125. The first-order valence-electron chi connectivity index (χ1n) is 7.02. The van der Waals surface area contributed by atoms with Gasteiger partial charge >= 0.3 is 0 Å². The number of hydrogen-bond donors (Lipinski definition) is 1. The zero-order valence-electron chi connectivity index (χ0n) is 12.0. The molecule has 0 aliphatic carbocycles. The molecule has 1 atom stereocenters. The van der Waals surface area contributed by atoms with Gasteiger partial charge in [0, 0.05) is 38.2 Å². The predicted octanol–water partition coefficient (Wildman–Crippen LogP) is 1.13. The highest BCUT2D eigenvalue weighted by atomic mass is 16.5. The maximum absolute atomic E-state index is 12.0. The minimum Gasteiger partial charge on any atom is -0.381 e. The van der Waals surface area contributed by atoms with Crippen LogP contribution in [0.1, 0.15) is 12.0 Å². The molecule has 0 bridgehead atoms. The lowest BCUT2D eigenvalue weighted by Crippen LogP contribution is -2.30. The minimum atomic E-state index is -0.0245. The van der Waals surface area contributed by atoms with Crippen molar-refractivity contribution in [1.29, 1.82) is 0 Å². The Morgan fingerprint density at radius 2 is 2.48 bits per heavy atom. The SMILES string of the molecule is Cn1cc(-c2ncccc2CNC(=O)[C@@H]2CCOC2)cn1. The van der Waals surface area contributed by atoms with Crippen LogP contribution in [0.2, 0.25) is 0 Å². The van der Waals surface area contributed by atoms with Crippen molar-refractivity contribution >= 4 is 5.91 Å². The molecule has 3 heterocycles. The Morgan fingerprint density at radius 1 is 1.57 bits per heavy atom. The van der Waals surface area contributed by atoms with Gasteiger partial charge in [-0.3, -0.25) is 14.5 Å². The smallest absolute Gasteiger partial charge is 0.225 e. The number of nitrogens with one attached hydrogen (secondary N) is 1. The summed E-state index contributed by atoms with van der Waals surface area (Å²) in [6.45, 7) is 1.66. The van der Waals surface area contributed by atoms with E-state index in [2.05, 4.69) is 15.4 Å². The second kappa shape index (κ2) is 6.05. The number of ether oxygens (including phenoxy) is 1. The Bertz CT molecular complexity index is 632. The van der Waals surface area contributed by atoms with Gasteiger partial charge in [0.1, 0.15) is 0 Å². The summed E-state index contributed by atoms with van der Waals surface area (Å²) in [5.74, 6) is 0.0250. The molecule has 0 radical (unpaired) electrons. The van der Waals surface area contributed by atoms with Gasteiger partial charge in [0.05, 0.1) is 24.4 Å². The number of carbonyl (C=O) groups is 1. The second-order valence-electron chi connectivity index (χ2n) is 5.19. The topological polar surface area (TPSA) is 69.0 Å². The molecule has 1 fully saturated rings. The van der Waals surface area contributed by atoms with Gasteiger partial charge < -0.3 is 10.1 Å². The number of hydrogen-bond acceptors (Lipinski definition) is 4. The molecule has 0 aromatic carbocycles. The molecular weight excluding hydrogens is 268 g/mol. The summed E-state index contributed by atoms with van der Waals surface area (Å²) in [5, 5.41) is 7.14. The molecule has 1 aliphatic heterocycles. The third-order valence-electron chi connectivity index (χ3n) is 3.62. The highest BCUT2D eigenvalue weighted by Gasteiger charge is 2.23. The van der Waals surface area contributed by atoms with Crippen molar-refractivity contribution in [2.45, 2.75) is 13.0 Å². The molecule has 2 aromatic heterocycles. The van der Waals surface area contributed by atoms with Crippen LogP contribution < -0.4 is 5.32 Å². The fraction of sp³-hybridized carbons (Fsp3) is 0.400. The Morgan fingerprint density at radius 3 is 3.19 bits per heavy atom. The Hall–Kier alpha value is -2.21. The van der Waals surface area contributed by atoms with Crippen LogP contribution in [0.25, 0.3) is 11.3 Å². The van der Waals surface area contributed by atoms with Gasteiger partial charge in [-0.05, 0) is 18.1 Å².